The molecule has 1 atom stereocenters. The first kappa shape index (κ1) is 14.5. The molecule has 2 nitrogen and oxygen atoms in total. The second kappa shape index (κ2) is 6.15. The molecule has 1 unspecified atom stereocenters. The average Bonchev–Trinajstić information content (AvgIpc) is 3.19. The van der Waals surface area contributed by atoms with Gasteiger partial charge in [0.1, 0.15) is 5.01 Å². The van der Waals surface area contributed by atoms with Gasteiger partial charge >= 0.3 is 0 Å². The van der Waals surface area contributed by atoms with Gasteiger partial charge in [0, 0.05) is 10.9 Å². The van der Waals surface area contributed by atoms with Crippen molar-refractivity contribution in [2.75, 3.05) is 0 Å². The molecule has 1 aromatic rings. The van der Waals surface area contributed by atoms with Gasteiger partial charge in [0.15, 0.2) is 0 Å². The van der Waals surface area contributed by atoms with Gasteiger partial charge < -0.3 is 5.32 Å². The number of aryl methyl sites for hydroxylation is 2. The lowest BCUT2D eigenvalue weighted by molar-refractivity contribution is 0.229. The first-order valence-electron chi connectivity index (χ1n) is 8.39. The van der Waals surface area contributed by atoms with Crippen molar-refractivity contribution < 1.29 is 0 Å². The van der Waals surface area contributed by atoms with Crippen molar-refractivity contribution in [1.29, 1.82) is 0 Å². The van der Waals surface area contributed by atoms with Crippen LogP contribution in [0.5, 0.6) is 0 Å². The van der Waals surface area contributed by atoms with E-state index in [1.165, 1.54) is 54.1 Å². The summed E-state index contributed by atoms with van der Waals surface area (Å²) in [6.07, 6.45) is 9.36. The zero-order valence-electron chi connectivity index (χ0n) is 13.1. The molecule has 0 bridgehead atoms. The van der Waals surface area contributed by atoms with Crippen LogP contribution in [0.15, 0.2) is 0 Å². The summed E-state index contributed by atoms with van der Waals surface area (Å²) in [6.45, 7) is 6.86. The molecule has 0 spiro atoms. The Hall–Kier alpha value is -0.410. The van der Waals surface area contributed by atoms with Crippen molar-refractivity contribution in [2.24, 2.45) is 11.8 Å². The molecule has 3 heteroatoms. The SMILES string of the molecule is CCc1nc(C(NC2CC2)C2CCC(C)CC2)sc1C. The molecule has 0 aromatic carbocycles. The van der Waals surface area contributed by atoms with E-state index in [1.54, 1.807) is 0 Å². The molecule has 1 N–H and O–H groups in total. The molecule has 0 amide bonds. The predicted octanol–water partition coefficient (Wildman–Crippen LogP) is 4.63. The third kappa shape index (κ3) is 3.25. The molecule has 2 aliphatic carbocycles. The Labute approximate surface area is 127 Å². The topological polar surface area (TPSA) is 24.9 Å². The molecule has 3 rings (SSSR count). The van der Waals surface area contributed by atoms with Crippen LogP contribution in [-0.2, 0) is 6.42 Å². The number of aromatic nitrogens is 1. The smallest absolute Gasteiger partial charge is 0.110 e. The van der Waals surface area contributed by atoms with E-state index in [0.29, 0.717) is 6.04 Å². The van der Waals surface area contributed by atoms with Crippen molar-refractivity contribution >= 4 is 11.3 Å². The number of rotatable bonds is 5. The highest BCUT2D eigenvalue weighted by atomic mass is 32.1. The van der Waals surface area contributed by atoms with Crippen LogP contribution in [0, 0.1) is 18.8 Å². The molecule has 0 radical (unpaired) electrons. The van der Waals surface area contributed by atoms with Gasteiger partial charge in [-0.15, -0.1) is 11.3 Å². The summed E-state index contributed by atoms with van der Waals surface area (Å²) in [5.41, 5.74) is 1.32. The summed E-state index contributed by atoms with van der Waals surface area (Å²) in [6, 6.07) is 1.30. The van der Waals surface area contributed by atoms with E-state index in [-0.39, 0.29) is 0 Å². The van der Waals surface area contributed by atoms with Crippen molar-refractivity contribution in [3.8, 4) is 0 Å². The summed E-state index contributed by atoms with van der Waals surface area (Å²) >= 11 is 1.94. The number of hydrogen-bond donors (Lipinski definition) is 1. The fourth-order valence-electron chi connectivity index (χ4n) is 3.44. The van der Waals surface area contributed by atoms with E-state index in [9.17, 15) is 0 Å². The maximum absolute atomic E-state index is 4.96. The lowest BCUT2D eigenvalue weighted by Crippen LogP contribution is -2.32. The molecule has 2 aliphatic rings. The van der Waals surface area contributed by atoms with Gasteiger partial charge in [-0.05, 0) is 50.9 Å². The maximum atomic E-state index is 4.96. The lowest BCUT2D eigenvalue weighted by atomic mass is 9.79. The Balaban J connectivity index is 1.77. The predicted molar refractivity (Wildman–Crippen MR) is 86.2 cm³/mol. The first-order chi connectivity index (χ1) is 9.67. The third-order valence-corrected chi connectivity index (χ3v) is 6.13. The second-order valence-electron chi connectivity index (χ2n) is 6.85. The molecule has 1 heterocycles. The standard InChI is InChI=1S/C17H28N2S/c1-4-15-12(3)20-17(19-15)16(18-14-9-10-14)13-7-5-11(2)6-8-13/h11,13-14,16,18H,4-10H2,1-3H3. The minimum atomic E-state index is 0.527. The van der Waals surface area contributed by atoms with E-state index in [2.05, 4.69) is 26.1 Å². The van der Waals surface area contributed by atoms with Gasteiger partial charge in [0.05, 0.1) is 11.7 Å². The Bertz CT molecular complexity index is 442. The number of thiazole rings is 1. The quantitative estimate of drug-likeness (QED) is 0.855. The van der Waals surface area contributed by atoms with Crippen LogP contribution in [0.2, 0.25) is 0 Å². The van der Waals surface area contributed by atoms with E-state index < -0.39 is 0 Å². The van der Waals surface area contributed by atoms with Crippen LogP contribution in [0.3, 0.4) is 0 Å². The molecule has 112 valence electrons. The highest BCUT2D eigenvalue weighted by Crippen LogP contribution is 2.40. The summed E-state index contributed by atoms with van der Waals surface area (Å²) in [7, 11) is 0. The minimum Gasteiger partial charge on any atom is -0.305 e. The highest BCUT2D eigenvalue weighted by Gasteiger charge is 2.34. The van der Waals surface area contributed by atoms with Crippen molar-refractivity contribution in [3.05, 3.63) is 15.6 Å². The highest BCUT2D eigenvalue weighted by molar-refractivity contribution is 7.11. The van der Waals surface area contributed by atoms with Gasteiger partial charge in [-0.2, -0.15) is 0 Å². The van der Waals surface area contributed by atoms with Crippen LogP contribution >= 0.6 is 11.3 Å². The Kier molecular flexibility index (Phi) is 4.46. The Morgan fingerprint density at radius 3 is 2.45 bits per heavy atom. The molecule has 2 fully saturated rings. The average molecular weight is 292 g/mol. The fraction of sp³-hybridized carbons (Fsp3) is 0.824. The van der Waals surface area contributed by atoms with Crippen molar-refractivity contribution in [1.82, 2.24) is 10.3 Å². The van der Waals surface area contributed by atoms with Gasteiger partial charge in [0.25, 0.3) is 0 Å². The van der Waals surface area contributed by atoms with Crippen LogP contribution in [0.4, 0.5) is 0 Å². The molecule has 20 heavy (non-hydrogen) atoms. The zero-order valence-corrected chi connectivity index (χ0v) is 13.9. The van der Waals surface area contributed by atoms with Gasteiger partial charge in [-0.25, -0.2) is 4.98 Å². The van der Waals surface area contributed by atoms with E-state index in [0.717, 1.165) is 24.3 Å². The number of nitrogens with one attached hydrogen (secondary N) is 1. The normalized spacial score (nSPS) is 28.6. The molecular formula is C17H28N2S. The van der Waals surface area contributed by atoms with Crippen LogP contribution < -0.4 is 5.32 Å². The van der Waals surface area contributed by atoms with Crippen molar-refractivity contribution in [2.45, 2.75) is 77.8 Å². The maximum Gasteiger partial charge on any atom is 0.110 e. The molecule has 0 aliphatic heterocycles. The zero-order chi connectivity index (χ0) is 14.1. The van der Waals surface area contributed by atoms with Crippen LogP contribution in [0.25, 0.3) is 0 Å². The second-order valence-corrected chi connectivity index (χ2v) is 8.08. The van der Waals surface area contributed by atoms with Crippen LogP contribution in [-0.4, -0.2) is 11.0 Å². The summed E-state index contributed by atoms with van der Waals surface area (Å²) < 4.78 is 0. The number of nitrogens with zero attached hydrogens (tertiary/aromatic N) is 1. The molecule has 2 saturated carbocycles. The van der Waals surface area contributed by atoms with Gasteiger partial charge in [-0.1, -0.05) is 26.7 Å². The fourth-order valence-corrected chi connectivity index (χ4v) is 4.61. The monoisotopic (exact) mass is 292 g/mol. The molecule has 1 aromatic heterocycles. The summed E-state index contributed by atoms with van der Waals surface area (Å²) in [5, 5.41) is 5.27. The largest absolute Gasteiger partial charge is 0.305 e. The number of hydrogen-bond acceptors (Lipinski definition) is 3. The van der Waals surface area contributed by atoms with Gasteiger partial charge in [0.2, 0.25) is 0 Å². The minimum absolute atomic E-state index is 0.527. The Morgan fingerprint density at radius 1 is 1.20 bits per heavy atom. The van der Waals surface area contributed by atoms with Crippen molar-refractivity contribution in [3.63, 3.8) is 0 Å². The first-order valence-corrected chi connectivity index (χ1v) is 9.21. The Morgan fingerprint density at radius 2 is 1.90 bits per heavy atom. The molecule has 0 saturated heterocycles. The van der Waals surface area contributed by atoms with E-state index >= 15 is 0 Å². The van der Waals surface area contributed by atoms with E-state index in [1.807, 2.05) is 11.3 Å². The third-order valence-electron chi connectivity index (χ3n) is 5.03. The molecular weight excluding hydrogens is 264 g/mol. The van der Waals surface area contributed by atoms with Gasteiger partial charge in [-0.3, -0.25) is 0 Å². The summed E-state index contributed by atoms with van der Waals surface area (Å²) in [5.74, 6) is 1.74. The van der Waals surface area contributed by atoms with Crippen LogP contribution in [0.1, 0.15) is 74.0 Å². The van der Waals surface area contributed by atoms with E-state index in [4.69, 9.17) is 4.98 Å². The lowest BCUT2D eigenvalue weighted by Gasteiger charge is -2.32. The summed E-state index contributed by atoms with van der Waals surface area (Å²) in [4.78, 5) is 6.38.